The molecule has 17 heavy (non-hydrogen) atoms. The van der Waals surface area contributed by atoms with Crippen molar-refractivity contribution in [1.82, 2.24) is 0 Å². The highest BCUT2D eigenvalue weighted by Gasteiger charge is 2.02. The second-order valence-corrected chi connectivity index (χ2v) is 3.38. The van der Waals surface area contributed by atoms with Crippen molar-refractivity contribution in [3.05, 3.63) is 23.8 Å². The Hall–Kier alpha value is -1.26. The van der Waals surface area contributed by atoms with Gasteiger partial charge in [-0.15, -0.1) is 0 Å². The SMILES string of the molecule is CCCOCc1ccc(O)c(OC)c1.CCO. The van der Waals surface area contributed by atoms with Crippen molar-refractivity contribution in [3.8, 4) is 11.5 Å². The molecule has 0 unspecified atom stereocenters. The molecule has 0 radical (unpaired) electrons. The molecule has 2 N–H and O–H groups in total. The van der Waals surface area contributed by atoms with Crippen molar-refractivity contribution >= 4 is 0 Å². The predicted molar refractivity (Wildman–Crippen MR) is 67.4 cm³/mol. The van der Waals surface area contributed by atoms with Crippen molar-refractivity contribution in [3.63, 3.8) is 0 Å². The number of hydrogen-bond donors (Lipinski definition) is 2. The number of ether oxygens (including phenoxy) is 2. The van der Waals surface area contributed by atoms with Gasteiger partial charge in [0.25, 0.3) is 0 Å². The minimum Gasteiger partial charge on any atom is -0.504 e. The number of phenolic OH excluding ortho intramolecular Hbond substituents is 1. The van der Waals surface area contributed by atoms with E-state index in [9.17, 15) is 5.11 Å². The zero-order chi connectivity index (χ0) is 13.1. The molecule has 0 aliphatic carbocycles. The normalized spacial score (nSPS) is 9.41. The van der Waals surface area contributed by atoms with Gasteiger partial charge in [0, 0.05) is 13.2 Å². The van der Waals surface area contributed by atoms with Crippen LogP contribution in [0.5, 0.6) is 11.5 Å². The fourth-order valence-electron chi connectivity index (χ4n) is 1.15. The van der Waals surface area contributed by atoms with E-state index >= 15 is 0 Å². The van der Waals surface area contributed by atoms with Gasteiger partial charge in [-0.25, -0.2) is 0 Å². The number of methoxy groups -OCH3 is 1. The molecule has 1 aromatic carbocycles. The monoisotopic (exact) mass is 242 g/mol. The van der Waals surface area contributed by atoms with Crippen LogP contribution < -0.4 is 4.74 Å². The van der Waals surface area contributed by atoms with Gasteiger partial charge in [-0.2, -0.15) is 0 Å². The van der Waals surface area contributed by atoms with Crippen molar-refractivity contribution in [2.24, 2.45) is 0 Å². The first-order chi connectivity index (χ1) is 8.19. The highest BCUT2D eigenvalue weighted by atomic mass is 16.5. The molecule has 0 saturated carbocycles. The van der Waals surface area contributed by atoms with Crippen LogP contribution in [0.1, 0.15) is 25.8 Å². The smallest absolute Gasteiger partial charge is 0.160 e. The number of benzene rings is 1. The van der Waals surface area contributed by atoms with Gasteiger partial charge < -0.3 is 19.7 Å². The third kappa shape index (κ3) is 6.81. The maximum atomic E-state index is 9.34. The van der Waals surface area contributed by atoms with Crippen LogP contribution in [0.2, 0.25) is 0 Å². The second kappa shape index (κ2) is 9.93. The Balaban J connectivity index is 0.000000770. The van der Waals surface area contributed by atoms with Gasteiger partial charge in [0.15, 0.2) is 11.5 Å². The summed E-state index contributed by atoms with van der Waals surface area (Å²) in [7, 11) is 1.53. The summed E-state index contributed by atoms with van der Waals surface area (Å²) < 4.78 is 10.4. The van der Waals surface area contributed by atoms with Gasteiger partial charge in [-0.3, -0.25) is 0 Å². The molecule has 0 bridgehead atoms. The van der Waals surface area contributed by atoms with Crippen LogP contribution in [0, 0.1) is 0 Å². The highest BCUT2D eigenvalue weighted by molar-refractivity contribution is 5.41. The molecule has 0 heterocycles. The topological polar surface area (TPSA) is 58.9 Å². The van der Waals surface area contributed by atoms with E-state index in [4.69, 9.17) is 14.6 Å². The van der Waals surface area contributed by atoms with Crippen LogP contribution >= 0.6 is 0 Å². The van der Waals surface area contributed by atoms with Gasteiger partial charge in [0.1, 0.15) is 0 Å². The first-order valence-electron chi connectivity index (χ1n) is 5.74. The van der Waals surface area contributed by atoms with E-state index in [1.54, 1.807) is 19.1 Å². The van der Waals surface area contributed by atoms with E-state index in [0.29, 0.717) is 12.4 Å². The quantitative estimate of drug-likeness (QED) is 0.778. The van der Waals surface area contributed by atoms with Crippen LogP contribution in [0.3, 0.4) is 0 Å². The molecule has 0 atom stereocenters. The van der Waals surface area contributed by atoms with Gasteiger partial charge in [0.2, 0.25) is 0 Å². The Morgan fingerprint density at radius 2 is 1.88 bits per heavy atom. The van der Waals surface area contributed by atoms with Gasteiger partial charge in [-0.1, -0.05) is 13.0 Å². The number of phenols is 1. The molecule has 4 nitrogen and oxygen atoms in total. The fourth-order valence-corrected chi connectivity index (χ4v) is 1.15. The molecule has 0 aliphatic rings. The minimum atomic E-state index is 0.159. The Bertz CT molecular complexity index is 299. The van der Waals surface area contributed by atoms with Gasteiger partial charge in [0.05, 0.1) is 13.7 Å². The Labute approximate surface area is 103 Å². The lowest BCUT2D eigenvalue weighted by molar-refractivity contribution is 0.121. The summed E-state index contributed by atoms with van der Waals surface area (Å²) >= 11 is 0. The lowest BCUT2D eigenvalue weighted by Crippen LogP contribution is -1.94. The van der Waals surface area contributed by atoms with Crippen LogP contribution in [-0.4, -0.2) is 30.5 Å². The third-order valence-electron chi connectivity index (χ3n) is 1.86. The summed E-state index contributed by atoms with van der Waals surface area (Å²) in [6.45, 7) is 5.31. The van der Waals surface area contributed by atoms with Crippen molar-refractivity contribution in [2.45, 2.75) is 26.9 Å². The maximum Gasteiger partial charge on any atom is 0.160 e. The fraction of sp³-hybridized carbons (Fsp3) is 0.538. The molecule has 4 heteroatoms. The average Bonchev–Trinajstić information content (AvgIpc) is 2.32. The predicted octanol–water partition coefficient (Wildman–Crippen LogP) is 2.33. The molecule has 0 amide bonds. The average molecular weight is 242 g/mol. The molecule has 0 aliphatic heterocycles. The largest absolute Gasteiger partial charge is 0.504 e. The number of aromatic hydroxyl groups is 1. The van der Waals surface area contributed by atoms with Gasteiger partial charge >= 0.3 is 0 Å². The Kier molecular flexibility index (Phi) is 9.19. The lowest BCUT2D eigenvalue weighted by Gasteiger charge is -2.06. The van der Waals surface area contributed by atoms with Crippen LogP contribution in [0.15, 0.2) is 18.2 Å². The molecule has 0 spiro atoms. The number of hydrogen-bond acceptors (Lipinski definition) is 4. The first kappa shape index (κ1) is 15.7. The summed E-state index contributed by atoms with van der Waals surface area (Å²) in [6.07, 6.45) is 1.01. The van der Waals surface area contributed by atoms with E-state index in [1.807, 2.05) is 6.07 Å². The van der Waals surface area contributed by atoms with E-state index < -0.39 is 0 Å². The number of rotatable bonds is 5. The standard InChI is InChI=1S/C11H16O3.C2H6O/c1-3-6-14-8-9-4-5-10(12)11(7-9)13-2;1-2-3/h4-5,7,12H,3,6,8H2,1-2H3;3H,2H2,1H3. The summed E-state index contributed by atoms with van der Waals surface area (Å²) in [5.74, 6) is 0.648. The van der Waals surface area contributed by atoms with E-state index in [1.165, 1.54) is 7.11 Å². The molecule has 1 rings (SSSR count). The molecular formula is C13H22O4. The summed E-state index contributed by atoms with van der Waals surface area (Å²) in [6, 6.07) is 5.22. The van der Waals surface area contributed by atoms with Crippen molar-refractivity contribution in [2.75, 3.05) is 20.3 Å². The van der Waals surface area contributed by atoms with Crippen LogP contribution in [0.4, 0.5) is 0 Å². The molecule has 0 fully saturated rings. The third-order valence-corrected chi connectivity index (χ3v) is 1.86. The van der Waals surface area contributed by atoms with Crippen molar-refractivity contribution in [1.29, 1.82) is 0 Å². The minimum absolute atomic E-state index is 0.159. The summed E-state index contributed by atoms with van der Waals surface area (Å²) in [4.78, 5) is 0. The summed E-state index contributed by atoms with van der Waals surface area (Å²) in [5, 5.41) is 16.9. The molecule has 0 saturated heterocycles. The Morgan fingerprint density at radius 3 is 2.41 bits per heavy atom. The first-order valence-corrected chi connectivity index (χ1v) is 5.74. The van der Waals surface area contributed by atoms with Gasteiger partial charge in [-0.05, 0) is 31.0 Å². The maximum absolute atomic E-state index is 9.34. The van der Waals surface area contributed by atoms with E-state index in [0.717, 1.165) is 18.6 Å². The van der Waals surface area contributed by atoms with Crippen molar-refractivity contribution < 1.29 is 19.7 Å². The Morgan fingerprint density at radius 1 is 1.24 bits per heavy atom. The molecule has 1 aromatic rings. The highest BCUT2D eigenvalue weighted by Crippen LogP contribution is 2.26. The molecule has 98 valence electrons. The van der Waals surface area contributed by atoms with Crippen LogP contribution in [-0.2, 0) is 11.3 Å². The zero-order valence-electron chi connectivity index (χ0n) is 10.8. The molecular weight excluding hydrogens is 220 g/mol. The number of aliphatic hydroxyl groups excluding tert-OH is 1. The van der Waals surface area contributed by atoms with E-state index in [-0.39, 0.29) is 12.4 Å². The van der Waals surface area contributed by atoms with Crippen LogP contribution in [0.25, 0.3) is 0 Å². The second-order valence-electron chi connectivity index (χ2n) is 3.38. The molecule has 0 aromatic heterocycles. The number of aliphatic hydroxyl groups is 1. The van der Waals surface area contributed by atoms with E-state index in [2.05, 4.69) is 6.92 Å². The lowest BCUT2D eigenvalue weighted by atomic mass is 10.2. The summed E-state index contributed by atoms with van der Waals surface area (Å²) in [5.41, 5.74) is 1.01. The zero-order valence-corrected chi connectivity index (χ0v) is 10.8.